The van der Waals surface area contributed by atoms with Crippen molar-refractivity contribution in [2.24, 2.45) is 11.8 Å². The van der Waals surface area contributed by atoms with E-state index >= 15 is 0 Å². The third-order valence-corrected chi connectivity index (χ3v) is 4.43. The maximum Gasteiger partial charge on any atom is 0.318 e. The number of ketones is 2. The fourth-order valence-corrected chi connectivity index (χ4v) is 3.07. The second kappa shape index (κ2) is 8.74. The number of nitrogens with zero attached hydrogens (tertiary/aromatic N) is 2. The van der Waals surface area contributed by atoms with Crippen LogP contribution in [0.25, 0.3) is 0 Å². The number of hydrogen-bond donors (Lipinski definition) is 0. The lowest BCUT2D eigenvalue weighted by atomic mass is 10.1. The lowest BCUT2D eigenvalue weighted by Crippen LogP contribution is -2.33. The average molecular weight is 382 g/mol. The van der Waals surface area contributed by atoms with Crippen molar-refractivity contribution < 1.29 is 38.2 Å². The van der Waals surface area contributed by atoms with Crippen molar-refractivity contribution in [3.05, 3.63) is 0 Å². The van der Waals surface area contributed by atoms with E-state index in [0.29, 0.717) is 6.42 Å². The molecule has 0 unspecified atom stereocenters. The summed E-state index contributed by atoms with van der Waals surface area (Å²) < 4.78 is 9.57. The Kier molecular flexibility index (Phi) is 6.65. The monoisotopic (exact) mass is 382 g/mol. The highest BCUT2D eigenvalue weighted by atomic mass is 16.5. The lowest BCUT2D eigenvalue weighted by molar-refractivity contribution is -0.152. The van der Waals surface area contributed by atoms with Crippen molar-refractivity contribution >= 4 is 35.3 Å². The van der Waals surface area contributed by atoms with Crippen LogP contribution >= 0.6 is 0 Å². The van der Waals surface area contributed by atoms with E-state index in [1.54, 1.807) is 13.8 Å². The highest BCUT2D eigenvalue weighted by Gasteiger charge is 2.45. The second-order valence-electron chi connectivity index (χ2n) is 6.19. The van der Waals surface area contributed by atoms with E-state index in [0.717, 1.165) is 0 Å². The van der Waals surface area contributed by atoms with Gasteiger partial charge in [0.1, 0.15) is 11.8 Å². The summed E-state index contributed by atoms with van der Waals surface area (Å²) in [6, 6.07) is 0. The maximum atomic E-state index is 12.0. The molecule has 0 saturated carbocycles. The zero-order valence-corrected chi connectivity index (χ0v) is 15.3. The van der Waals surface area contributed by atoms with Crippen molar-refractivity contribution in [1.29, 1.82) is 0 Å². The van der Waals surface area contributed by atoms with E-state index < -0.39 is 47.2 Å². The van der Waals surface area contributed by atoms with Crippen molar-refractivity contribution in [2.75, 3.05) is 39.4 Å². The lowest BCUT2D eigenvalue weighted by Gasteiger charge is -2.19. The van der Waals surface area contributed by atoms with Gasteiger partial charge in [0, 0.05) is 26.2 Å². The standard InChI is InChI=1S/C17H22N2O8/c1-3-26-16(24)10-8-18(14(22)12(10)20)6-5-7-19-9-11(13(21)15(19)23)17(25)27-4-2/h10-11H,3-9H2,1-2H3/t10-,11-/m1/s1. The number of ether oxygens (including phenoxy) is 2. The number of Topliss-reactive ketones (excluding diaryl/α,β-unsaturated/α-hetero) is 2. The second-order valence-corrected chi connectivity index (χ2v) is 6.19. The molecule has 0 radical (unpaired) electrons. The topological polar surface area (TPSA) is 127 Å². The number of likely N-dealkylation sites (tertiary alicyclic amines) is 2. The van der Waals surface area contributed by atoms with Gasteiger partial charge in [-0.25, -0.2) is 0 Å². The Morgan fingerprint density at radius 2 is 1.19 bits per heavy atom. The van der Waals surface area contributed by atoms with Gasteiger partial charge in [-0.05, 0) is 20.3 Å². The van der Waals surface area contributed by atoms with E-state index in [1.807, 2.05) is 0 Å². The van der Waals surface area contributed by atoms with Crippen molar-refractivity contribution in [2.45, 2.75) is 20.3 Å². The minimum absolute atomic E-state index is 0.0607. The molecule has 0 bridgehead atoms. The first-order valence-corrected chi connectivity index (χ1v) is 8.81. The first-order chi connectivity index (χ1) is 12.8. The van der Waals surface area contributed by atoms with Crippen LogP contribution in [0.4, 0.5) is 0 Å². The summed E-state index contributed by atoms with van der Waals surface area (Å²) in [7, 11) is 0. The number of esters is 2. The first-order valence-electron chi connectivity index (χ1n) is 8.81. The summed E-state index contributed by atoms with van der Waals surface area (Å²) in [6.07, 6.45) is 0.295. The molecule has 10 heteroatoms. The van der Waals surface area contributed by atoms with Crippen LogP contribution in [-0.4, -0.2) is 84.5 Å². The summed E-state index contributed by atoms with van der Waals surface area (Å²) in [5.74, 6) is -6.83. The maximum absolute atomic E-state index is 12.0. The molecular formula is C17H22N2O8. The largest absolute Gasteiger partial charge is 0.465 e. The Morgan fingerprint density at radius 1 is 0.815 bits per heavy atom. The van der Waals surface area contributed by atoms with Gasteiger partial charge in [-0.3, -0.25) is 28.8 Å². The van der Waals surface area contributed by atoms with Crippen LogP contribution < -0.4 is 0 Å². The fraction of sp³-hybridized carbons (Fsp3) is 0.647. The molecule has 2 saturated heterocycles. The van der Waals surface area contributed by atoms with Gasteiger partial charge >= 0.3 is 11.9 Å². The van der Waals surface area contributed by atoms with Gasteiger partial charge in [0.25, 0.3) is 11.8 Å². The van der Waals surface area contributed by atoms with Crippen molar-refractivity contribution in [3.8, 4) is 0 Å². The molecule has 10 nitrogen and oxygen atoms in total. The molecule has 2 aliphatic rings. The van der Waals surface area contributed by atoms with Gasteiger partial charge < -0.3 is 19.3 Å². The summed E-state index contributed by atoms with van der Waals surface area (Å²) in [5.41, 5.74) is 0. The molecule has 2 rings (SSSR count). The Balaban J connectivity index is 1.86. The quantitative estimate of drug-likeness (QED) is 0.284. The SMILES string of the molecule is CCOC(=O)[C@@H]1CN(CCCN2C[C@@H](C(=O)OCC)C(=O)C2=O)C(=O)C1=O. The Labute approximate surface area is 155 Å². The Morgan fingerprint density at radius 3 is 1.52 bits per heavy atom. The number of carbonyl (C=O) groups is 6. The zero-order valence-electron chi connectivity index (χ0n) is 15.3. The van der Waals surface area contributed by atoms with Crippen LogP contribution in [0.3, 0.4) is 0 Å². The molecule has 2 heterocycles. The van der Waals surface area contributed by atoms with Gasteiger partial charge in [-0.15, -0.1) is 0 Å². The van der Waals surface area contributed by atoms with Crippen LogP contribution in [0.1, 0.15) is 20.3 Å². The molecule has 0 N–H and O–H groups in total. The van der Waals surface area contributed by atoms with E-state index in [4.69, 9.17) is 9.47 Å². The fourth-order valence-electron chi connectivity index (χ4n) is 3.07. The molecule has 0 spiro atoms. The van der Waals surface area contributed by atoms with Crippen LogP contribution in [0, 0.1) is 11.8 Å². The zero-order chi connectivity index (χ0) is 20.1. The number of hydrogen-bond acceptors (Lipinski definition) is 8. The predicted octanol–water partition coefficient (Wildman–Crippen LogP) is -1.44. The molecule has 27 heavy (non-hydrogen) atoms. The van der Waals surface area contributed by atoms with Crippen LogP contribution in [0.15, 0.2) is 0 Å². The Hall–Kier alpha value is -2.78. The van der Waals surface area contributed by atoms with Crippen LogP contribution in [0.2, 0.25) is 0 Å². The number of amides is 2. The van der Waals surface area contributed by atoms with Gasteiger partial charge in [-0.1, -0.05) is 0 Å². The van der Waals surface area contributed by atoms with Crippen LogP contribution in [-0.2, 0) is 38.2 Å². The van der Waals surface area contributed by atoms with Crippen LogP contribution in [0.5, 0.6) is 0 Å². The molecule has 0 aromatic carbocycles. The molecule has 2 atom stereocenters. The van der Waals surface area contributed by atoms with E-state index in [2.05, 4.69) is 0 Å². The molecular weight excluding hydrogens is 360 g/mol. The first kappa shape index (κ1) is 20.5. The van der Waals surface area contributed by atoms with Gasteiger partial charge in [-0.2, -0.15) is 0 Å². The smallest absolute Gasteiger partial charge is 0.318 e. The average Bonchev–Trinajstić information content (AvgIpc) is 3.07. The summed E-state index contributed by atoms with van der Waals surface area (Å²) in [5, 5.41) is 0. The van der Waals surface area contributed by atoms with E-state index in [-0.39, 0.29) is 39.4 Å². The summed E-state index contributed by atoms with van der Waals surface area (Å²) >= 11 is 0. The Bertz CT molecular complexity index is 618. The minimum Gasteiger partial charge on any atom is -0.465 e. The molecule has 2 aliphatic heterocycles. The van der Waals surface area contributed by atoms with Gasteiger partial charge in [0.05, 0.1) is 13.2 Å². The predicted molar refractivity (Wildman–Crippen MR) is 88.0 cm³/mol. The normalized spacial score (nSPS) is 22.6. The molecule has 2 fully saturated rings. The molecule has 148 valence electrons. The van der Waals surface area contributed by atoms with Crippen molar-refractivity contribution in [1.82, 2.24) is 9.80 Å². The molecule has 0 aromatic heterocycles. The third-order valence-electron chi connectivity index (χ3n) is 4.43. The summed E-state index contributed by atoms with van der Waals surface area (Å²) in [4.78, 5) is 73.5. The number of carbonyl (C=O) groups excluding carboxylic acids is 6. The highest BCUT2D eigenvalue weighted by Crippen LogP contribution is 2.19. The van der Waals surface area contributed by atoms with Crippen molar-refractivity contribution in [3.63, 3.8) is 0 Å². The molecule has 0 aromatic rings. The van der Waals surface area contributed by atoms with E-state index in [9.17, 15) is 28.8 Å². The number of rotatable bonds is 8. The van der Waals surface area contributed by atoms with E-state index in [1.165, 1.54) is 9.80 Å². The molecule has 0 aliphatic carbocycles. The van der Waals surface area contributed by atoms with Gasteiger partial charge in [0.15, 0.2) is 0 Å². The third kappa shape index (κ3) is 4.32. The van der Waals surface area contributed by atoms with Gasteiger partial charge in [0.2, 0.25) is 11.6 Å². The minimum atomic E-state index is -1.12. The molecule has 2 amide bonds. The summed E-state index contributed by atoms with van der Waals surface area (Å²) in [6.45, 7) is 3.60. The highest BCUT2D eigenvalue weighted by molar-refractivity contribution is 6.42.